The molecule has 30 heavy (non-hydrogen) atoms. The Morgan fingerprint density at radius 3 is 2.73 bits per heavy atom. The fourth-order valence-electron chi connectivity index (χ4n) is 4.08. The first kappa shape index (κ1) is 20.3. The molecule has 3 aromatic rings. The lowest BCUT2D eigenvalue weighted by atomic mass is 9.95. The van der Waals surface area contributed by atoms with E-state index in [0.717, 1.165) is 60.4 Å². The van der Waals surface area contributed by atoms with E-state index in [4.69, 9.17) is 9.51 Å². The number of nitrogens with zero attached hydrogens (tertiary/aromatic N) is 3. The number of rotatable bonds is 5. The van der Waals surface area contributed by atoms with Gasteiger partial charge in [0, 0.05) is 24.7 Å². The second-order valence-electron chi connectivity index (χ2n) is 7.87. The van der Waals surface area contributed by atoms with Crippen molar-refractivity contribution in [1.82, 2.24) is 15.0 Å². The van der Waals surface area contributed by atoms with Crippen molar-refractivity contribution in [3.05, 3.63) is 71.1 Å². The van der Waals surface area contributed by atoms with Gasteiger partial charge < -0.3 is 9.42 Å². The quantitative estimate of drug-likeness (QED) is 0.560. The van der Waals surface area contributed by atoms with Gasteiger partial charge in [0.2, 0.25) is 0 Å². The zero-order valence-corrected chi connectivity index (χ0v) is 17.4. The van der Waals surface area contributed by atoms with Gasteiger partial charge in [-0.25, -0.2) is 4.39 Å². The number of hydrogen-bond donors (Lipinski definition) is 0. The minimum absolute atomic E-state index is 0.113. The van der Waals surface area contributed by atoms with E-state index in [0.29, 0.717) is 12.2 Å². The third-order valence-corrected chi connectivity index (χ3v) is 5.53. The summed E-state index contributed by atoms with van der Waals surface area (Å²) in [6.45, 7) is 4.67. The summed E-state index contributed by atoms with van der Waals surface area (Å²) in [5.74, 6) is 0.364. The molecule has 2 aromatic heterocycles. The first-order valence-electron chi connectivity index (χ1n) is 10.6. The molecule has 5 nitrogen and oxygen atoms in total. The van der Waals surface area contributed by atoms with Gasteiger partial charge in [0.15, 0.2) is 5.69 Å². The van der Waals surface area contributed by atoms with Crippen molar-refractivity contribution in [2.75, 3.05) is 6.54 Å². The summed E-state index contributed by atoms with van der Waals surface area (Å²) in [5.41, 5.74) is 3.99. The fraction of sp³-hybridized carbons (Fsp3) is 0.375. The van der Waals surface area contributed by atoms with Crippen LogP contribution in [-0.2, 0) is 6.42 Å². The van der Waals surface area contributed by atoms with Gasteiger partial charge >= 0.3 is 0 Å². The molecule has 156 valence electrons. The molecule has 1 aromatic carbocycles. The number of aromatic nitrogens is 2. The first-order valence-corrected chi connectivity index (χ1v) is 10.6. The van der Waals surface area contributed by atoms with Crippen LogP contribution in [0.2, 0.25) is 0 Å². The Morgan fingerprint density at radius 2 is 1.97 bits per heavy atom. The van der Waals surface area contributed by atoms with Crippen molar-refractivity contribution >= 4 is 5.91 Å². The molecule has 1 fully saturated rings. The van der Waals surface area contributed by atoms with Gasteiger partial charge in [-0.1, -0.05) is 24.2 Å². The lowest BCUT2D eigenvalue weighted by Crippen LogP contribution is -2.39. The van der Waals surface area contributed by atoms with Crippen LogP contribution in [0.1, 0.15) is 66.3 Å². The predicted molar refractivity (Wildman–Crippen MR) is 112 cm³/mol. The van der Waals surface area contributed by atoms with Crippen LogP contribution >= 0.6 is 0 Å². The second kappa shape index (κ2) is 8.78. The predicted octanol–water partition coefficient (Wildman–Crippen LogP) is 5.50. The summed E-state index contributed by atoms with van der Waals surface area (Å²) >= 11 is 0. The highest BCUT2D eigenvalue weighted by Gasteiger charge is 2.31. The second-order valence-corrected chi connectivity index (χ2v) is 7.87. The Morgan fingerprint density at radius 1 is 1.17 bits per heavy atom. The molecule has 0 bridgehead atoms. The number of carbonyl (C=O) groups is 1. The highest BCUT2D eigenvalue weighted by atomic mass is 19.1. The van der Waals surface area contributed by atoms with Gasteiger partial charge in [0.1, 0.15) is 11.6 Å². The highest BCUT2D eigenvalue weighted by Crippen LogP contribution is 2.33. The summed E-state index contributed by atoms with van der Waals surface area (Å²) < 4.78 is 18.7. The molecular weight excluding hydrogens is 381 g/mol. The van der Waals surface area contributed by atoms with Crippen molar-refractivity contribution in [1.29, 1.82) is 0 Å². The first-order chi connectivity index (χ1) is 14.5. The molecule has 1 saturated heterocycles. The highest BCUT2D eigenvalue weighted by molar-refractivity contribution is 5.92. The number of pyridine rings is 1. The maximum atomic E-state index is 13.3. The van der Waals surface area contributed by atoms with E-state index in [2.05, 4.69) is 12.1 Å². The molecule has 0 spiro atoms. The van der Waals surface area contributed by atoms with Crippen LogP contribution in [-0.4, -0.2) is 27.5 Å². The molecule has 0 saturated carbocycles. The topological polar surface area (TPSA) is 59.2 Å². The van der Waals surface area contributed by atoms with Crippen LogP contribution in [0.25, 0.3) is 11.1 Å². The van der Waals surface area contributed by atoms with E-state index in [1.807, 2.05) is 24.0 Å². The number of amides is 1. The van der Waals surface area contributed by atoms with Gasteiger partial charge in [-0.15, -0.1) is 0 Å². The molecule has 4 rings (SSSR count). The van der Waals surface area contributed by atoms with Crippen LogP contribution < -0.4 is 0 Å². The summed E-state index contributed by atoms with van der Waals surface area (Å²) in [6.07, 6.45) is 4.55. The van der Waals surface area contributed by atoms with E-state index >= 15 is 0 Å². The van der Waals surface area contributed by atoms with Crippen LogP contribution in [0.4, 0.5) is 4.39 Å². The van der Waals surface area contributed by atoms with Gasteiger partial charge in [-0.05, 0) is 68.0 Å². The Kier molecular flexibility index (Phi) is 5.93. The van der Waals surface area contributed by atoms with E-state index in [9.17, 15) is 9.18 Å². The molecular formula is C24H26FN3O2. The van der Waals surface area contributed by atoms with Crippen molar-refractivity contribution in [2.24, 2.45) is 0 Å². The zero-order valence-electron chi connectivity index (χ0n) is 17.4. The lowest BCUT2D eigenvalue weighted by molar-refractivity contribution is 0.0595. The average molecular weight is 407 g/mol. The third kappa shape index (κ3) is 4.27. The van der Waals surface area contributed by atoms with Crippen LogP contribution in [0, 0.1) is 12.7 Å². The number of hydrogen-bond acceptors (Lipinski definition) is 4. The smallest absolute Gasteiger partial charge is 0.276 e. The number of benzene rings is 1. The molecule has 6 heteroatoms. The van der Waals surface area contributed by atoms with Gasteiger partial charge in [-0.2, -0.15) is 0 Å². The SMILES string of the molecule is CCCc1cc(C(=O)N2CCCCC2c2cc(-c3ccc(F)cc3)cc(C)n2)no1. The van der Waals surface area contributed by atoms with Crippen LogP contribution in [0.5, 0.6) is 0 Å². The number of carbonyl (C=O) groups excluding carboxylic acids is 1. The maximum Gasteiger partial charge on any atom is 0.276 e. The van der Waals surface area contributed by atoms with E-state index < -0.39 is 0 Å². The number of likely N-dealkylation sites (tertiary alicyclic amines) is 1. The van der Waals surface area contributed by atoms with Crippen LogP contribution in [0.15, 0.2) is 47.0 Å². The minimum Gasteiger partial charge on any atom is -0.361 e. The zero-order chi connectivity index (χ0) is 21.1. The fourth-order valence-corrected chi connectivity index (χ4v) is 4.08. The Balaban J connectivity index is 1.65. The number of halogens is 1. The van der Waals surface area contributed by atoms with Crippen molar-refractivity contribution < 1.29 is 13.7 Å². The monoisotopic (exact) mass is 407 g/mol. The Hall–Kier alpha value is -3.02. The summed E-state index contributed by atoms with van der Waals surface area (Å²) in [7, 11) is 0. The van der Waals surface area contributed by atoms with Crippen molar-refractivity contribution in [2.45, 2.75) is 52.0 Å². The van der Waals surface area contributed by atoms with E-state index in [-0.39, 0.29) is 17.8 Å². The maximum absolute atomic E-state index is 13.3. The van der Waals surface area contributed by atoms with E-state index in [1.54, 1.807) is 18.2 Å². The molecule has 0 N–H and O–H groups in total. The summed E-state index contributed by atoms with van der Waals surface area (Å²) in [6, 6.07) is 12.1. The number of piperidine rings is 1. The molecule has 1 atom stereocenters. The average Bonchev–Trinajstić information content (AvgIpc) is 3.22. The van der Waals surface area contributed by atoms with Crippen molar-refractivity contribution in [3.63, 3.8) is 0 Å². The summed E-state index contributed by atoms with van der Waals surface area (Å²) in [5, 5.41) is 4.01. The Bertz CT molecular complexity index is 1030. The molecule has 1 amide bonds. The summed E-state index contributed by atoms with van der Waals surface area (Å²) in [4.78, 5) is 19.8. The standard InChI is InChI=1S/C24H26FN3O2/c1-3-6-20-15-22(27-30-20)24(29)28-12-5-4-7-23(28)21-14-18(13-16(2)26-21)17-8-10-19(25)11-9-17/h8-11,13-15,23H,3-7,12H2,1-2H3. The lowest BCUT2D eigenvalue weighted by Gasteiger charge is -2.35. The van der Waals surface area contributed by atoms with E-state index in [1.165, 1.54) is 12.1 Å². The molecule has 1 unspecified atom stereocenters. The molecule has 0 radical (unpaired) electrons. The van der Waals surface area contributed by atoms with Gasteiger partial charge in [0.05, 0.1) is 11.7 Å². The van der Waals surface area contributed by atoms with Gasteiger partial charge in [0.25, 0.3) is 5.91 Å². The Labute approximate surface area is 175 Å². The number of aryl methyl sites for hydroxylation is 2. The normalized spacial score (nSPS) is 16.6. The third-order valence-electron chi connectivity index (χ3n) is 5.53. The molecule has 1 aliphatic rings. The molecule has 1 aliphatic heterocycles. The van der Waals surface area contributed by atoms with Crippen LogP contribution in [0.3, 0.4) is 0 Å². The molecule has 3 heterocycles. The largest absolute Gasteiger partial charge is 0.361 e. The van der Waals surface area contributed by atoms with Crippen molar-refractivity contribution in [3.8, 4) is 11.1 Å². The molecule has 0 aliphatic carbocycles. The minimum atomic E-state index is -0.260. The van der Waals surface area contributed by atoms with Gasteiger partial charge in [-0.3, -0.25) is 9.78 Å².